The van der Waals surface area contributed by atoms with Crippen molar-refractivity contribution >= 4 is 27.3 Å². The van der Waals surface area contributed by atoms with Crippen LogP contribution in [-0.2, 0) is 16.6 Å². The summed E-state index contributed by atoms with van der Waals surface area (Å²) >= 11 is 0. The lowest BCUT2D eigenvalue weighted by Gasteiger charge is -2.19. The highest BCUT2D eigenvalue weighted by atomic mass is 32.2. The summed E-state index contributed by atoms with van der Waals surface area (Å²) in [4.78, 5) is 23.5. The first-order valence-electron chi connectivity index (χ1n) is 9.88. The van der Waals surface area contributed by atoms with Crippen molar-refractivity contribution in [1.82, 2.24) is 4.31 Å². The van der Waals surface area contributed by atoms with E-state index >= 15 is 0 Å². The number of benzene rings is 3. The quantitative estimate of drug-likeness (QED) is 0.394. The largest absolute Gasteiger partial charge is 0.496 e. The molecule has 0 spiro atoms. The number of carbonyl (C=O) groups excluding carboxylic acids is 1. The van der Waals surface area contributed by atoms with Crippen LogP contribution in [-0.4, -0.2) is 37.7 Å². The van der Waals surface area contributed by atoms with Gasteiger partial charge in [-0.25, -0.2) is 8.42 Å². The van der Waals surface area contributed by atoms with Crippen molar-refractivity contribution in [2.24, 2.45) is 0 Å². The number of anilines is 1. The molecule has 33 heavy (non-hydrogen) atoms. The maximum Gasteiger partial charge on any atom is 0.271 e. The van der Waals surface area contributed by atoms with Gasteiger partial charge in [0.15, 0.2) is 0 Å². The third kappa shape index (κ3) is 5.36. The highest BCUT2D eigenvalue weighted by molar-refractivity contribution is 7.89. The van der Waals surface area contributed by atoms with Crippen LogP contribution in [0.1, 0.15) is 21.5 Å². The van der Waals surface area contributed by atoms with Crippen LogP contribution in [0.2, 0.25) is 0 Å². The van der Waals surface area contributed by atoms with Crippen LogP contribution in [0.5, 0.6) is 5.75 Å². The molecule has 0 aliphatic heterocycles. The lowest BCUT2D eigenvalue weighted by atomic mass is 10.1. The summed E-state index contributed by atoms with van der Waals surface area (Å²) in [5.74, 6) is -0.0655. The Hall–Kier alpha value is -3.76. The van der Waals surface area contributed by atoms with Gasteiger partial charge in [-0.15, -0.1) is 0 Å². The minimum Gasteiger partial charge on any atom is -0.496 e. The lowest BCUT2D eigenvalue weighted by Crippen LogP contribution is -2.27. The van der Waals surface area contributed by atoms with E-state index in [1.54, 1.807) is 37.3 Å². The zero-order valence-corrected chi connectivity index (χ0v) is 19.1. The molecule has 0 radical (unpaired) electrons. The topological polar surface area (TPSA) is 119 Å². The lowest BCUT2D eigenvalue weighted by molar-refractivity contribution is -0.384. The molecule has 10 heteroatoms. The molecule has 3 rings (SSSR count). The van der Waals surface area contributed by atoms with E-state index in [9.17, 15) is 23.3 Å². The number of nitro benzene ring substituents is 1. The molecule has 0 aliphatic rings. The number of ether oxygens (including phenoxy) is 1. The number of hydrogen-bond acceptors (Lipinski definition) is 6. The molecular weight excluding hydrogens is 446 g/mol. The minimum atomic E-state index is -3.75. The summed E-state index contributed by atoms with van der Waals surface area (Å²) < 4.78 is 32.3. The van der Waals surface area contributed by atoms with E-state index in [1.165, 1.54) is 54.9 Å². The van der Waals surface area contributed by atoms with Gasteiger partial charge in [0, 0.05) is 36.9 Å². The van der Waals surface area contributed by atoms with Crippen LogP contribution in [0, 0.1) is 17.0 Å². The molecule has 1 amide bonds. The van der Waals surface area contributed by atoms with Crippen LogP contribution in [0.15, 0.2) is 71.6 Å². The molecule has 3 aromatic rings. The molecule has 0 unspecified atom stereocenters. The monoisotopic (exact) mass is 469 g/mol. The van der Waals surface area contributed by atoms with E-state index < -0.39 is 20.9 Å². The van der Waals surface area contributed by atoms with Gasteiger partial charge in [0.2, 0.25) is 10.0 Å². The molecule has 0 fully saturated rings. The van der Waals surface area contributed by atoms with E-state index in [1.807, 2.05) is 0 Å². The molecular formula is C23H23N3O6S. The Bertz CT molecular complexity index is 1290. The highest BCUT2D eigenvalue weighted by Crippen LogP contribution is 2.26. The van der Waals surface area contributed by atoms with Crippen LogP contribution < -0.4 is 10.1 Å². The molecule has 1 N–H and O–H groups in total. The van der Waals surface area contributed by atoms with E-state index in [4.69, 9.17) is 4.74 Å². The molecule has 0 aliphatic carbocycles. The molecule has 0 aromatic heterocycles. The summed E-state index contributed by atoms with van der Waals surface area (Å²) in [6.07, 6.45) is 0. The van der Waals surface area contributed by atoms with Crippen LogP contribution >= 0.6 is 0 Å². The first-order valence-corrected chi connectivity index (χ1v) is 11.3. The van der Waals surface area contributed by atoms with Crippen LogP contribution in [0.3, 0.4) is 0 Å². The first-order chi connectivity index (χ1) is 15.6. The summed E-state index contributed by atoms with van der Waals surface area (Å²) in [6, 6.07) is 16.9. The van der Waals surface area contributed by atoms with Crippen molar-refractivity contribution < 1.29 is 22.9 Å². The number of nitrogens with one attached hydrogen (secondary N) is 1. The predicted octanol–water partition coefficient (Wildman–Crippen LogP) is 3.98. The third-order valence-corrected chi connectivity index (χ3v) is 6.88. The second kappa shape index (κ2) is 9.80. The normalized spacial score (nSPS) is 11.3. The Morgan fingerprint density at radius 2 is 1.79 bits per heavy atom. The number of sulfonamides is 1. The fraction of sp³-hybridized carbons (Fsp3) is 0.174. The fourth-order valence-corrected chi connectivity index (χ4v) is 4.36. The van der Waals surface area contributed by atoms with Crippen molar-refractivity contribution in [1.29, 1.82) is 0 Å². The number of nitrogens with zero attached hydrogens (tertiary/aromatic N) is 2. The Morgan fingerprint density at radius 3 is 2.42 bits per heavy atom. The molecule has 0 saturated heterocycles. The number of aryl methyl sites for hydroxylation is 1. The average molecular weight is 470 g/mol. The first kappa shape index (κ1) is 23.9. The molecule has 0 bridgehead atoms. The summed E-state index contributed by atoms with van der Waals surface area (Å²) in [5, 5.41) is 13.7. The van der Waals surface area contributed by atoms with Crippen molar-refractivity contribution in [3.8, 4) is 5.75 Å². The van der Waals surface area contributed by atoms with Gasteiger partial charge in [0.1, 0.15) is 5.75 Å². The summed E-state index contributed by atoms with van der Waals surface area (Å²) in [5.41, 5.74) is 1.58. The molecule has 0 saturated carbocycles. The molecule has 9 nitrogen and oxygen atoms in total. The van der Waals surface area contributed by atoms with Crippen molar-refractivity contribution in [3.05, 3.63) is 93.5 Å². The zero-order chi connectivity index (χ0) is 24.2. The fourth-order valence-electron chi connectivity index (χ4n) is 3.19. The number of amides is 1. The van der Waals surface area contributed by atoms with E-state index in [0.717, 1.165) is 0 Å². The Balaban J connectivity index is 1.87. The van der Waals surface area contributed by atoms with Gasteiger partial charge >= 0.3 is 0 Å². The number of carbonyl (C=O) groups is 1. The van der Waals surface area contributed by atoms with Crippen molar-refractivity contribution in [2.45, 2.75) is 18.4 Å². The smallest absolute Gasteiger partial charge is 0.271 e. The minimum absolute atomic E-state index is 0.0304. The second-order valence-corrected chi connectivity index (χ2v) is 9.36. The Kier molecular flexibility index (Phi) is 7.10. The van der Waals surface area contributed by atoms with Gasteiger partial charge in [-0.2, -0.15) is 4.31 Å². The predicted molar refractivity (Wildman–Crippen MR) is 124 cm³/mol. The van der Waals surface area contributed by atoms with E-state index in [2.05, 4.69) is 5.32 Å². The van der Waals surface area contributed by atoms with Gasteiger partial charge in [-0.3, -0.25) is 14.9 Å². The Labute approximate surface area is 191 Å². The number of nitro groups is 1. The number of hydrogen-bond donors (Lipinski definition) is 1. The van der Waals surface area contributed by atoms with Crippen LogP contribution in [0.4, 0.5) is 11.4 Å². The molecule has 0 atom stereocenters. The van der Waals surface area contributed by atoms with Gasteiger partial charge in [0.05, 0.1) is 22.6 Å². The number of non-ortho nitro benzene ring substituents is 1. The van der Waals surface area contributed by atoms with Crippen LogP contribution in [0.25, 0.3) is 0 Å². The molecule has 3 aromatic carbocycles. The maximum absolute atomic E-state index is 12.9. The van der Waals surface area contributed by atoms with E-state index in [0.29, 0.717) is 22.6 Å². The second-order valence-electron chi connectivity index (χ2n) is 7.31. The maximum atomic E-state index is 12.9. The van der Waals surface area contributed by atoms with Gasteiger partial charge in [0.25, 0.3) is 11.6 Å². The SMILES string of the molecule is COc1ccc(C(=O)Nc2cc([N+](=O)[O-])ccc2C)cc1CN(C)S(=O)(=O)c1ccccc1. The highest BCUT2D eigenvalue weighted by Gasteiger charge is 2.22. The van der Waals surface area contributed by atoms with E-state index in [-0.39, 0.29) is 22.7 Å². The van der Waals surface area contributed by atoms with Gasteiger partial charge in [-0.05, 0) is 42.8 Å². The molecule has 0 heterocycles. The summed E-state index contributed by atoms with van der Waals surface area (Å²) in [7, 11) is -0.848. The van der Waals surface area contributed by atoms with Gasteiger partial charge in [-0.1, -0.05) is 24.3 Å². The van der Waals surface area contributed by atoms with Crippen molar-refractivity contribution in [3.63, 3.8) is 0 Å². The van der Waals surface area contributed by atoms with Gasteiger partial charge < -0.3 is 10.1 Å². The third-order valence-electron chi connectivity index (χ3n) is 5.07. The molecule has 172 valence electrons. The zero-order valence-electron chi connectivity index (χ0n) is 18.3. The Morgan fingerprint density at radius 1 is 1.09 bits per heavy atom. The standard InChI is InChI=1S/C23H23N3O6S/c1-16-9-11-19(26(28)29)14-21(16)24-23(27)17-10-12-22(32-3)18(13-17)15-25(2)33(30,31)20-7-5-4-6-8-20/h4-14H,15H2,1-3H3,(H,24,27). The number of rotatable bonds is 8. The number of methoxy groups -OCH3 is 1. The van der Waals surface area contributed by atoms with Crippen molar-refractivity contribution in [2.75, 3.05) is 19.5 Å². The summed E-state index contributed by atoms with van der Waals surface area (Å²) in [6.45, 7) is 1.69. The average Bonchev–Trinajstić information content (AvgIpc) is 2.80.